The van der Waals surface area contributed by atoms with Crippen molar-refractivity contribution in [1.29, 1.82) is 0 Å². The number of carboxylic acid groups (broad SMARTS) is 1. The van der Waals surface area contributed by atoms with Crippen molar-refractivity contribution >= 4 is 6.09 Å². The quantitative estimate of drug-likeness (QED) is 0.796. The number of benzene rings is 1. The molecule has 1 aliphatic rings. The summed E-state index contributed by atoms with van der Waals surface area (Å²) in [5.41, 5.74) is 1.23. The Bertz CT molecular complexity index is 340. The molecule has 1 aliphatic heterocycles. The summed E-state index contributed by atoms with van der Waals surface area (Å²) in [5.74, 6) is 0. The SMILES string of the molecule is O=C(O)N1CCN(Cc2ccccc2)C1. The van der Waals surface area contributed by atoms with Crippen LogP contribution in [0.5, 0.6) is 0 Å². The standard InChI is InChI=1S/C11H14N2O2/c14-11(15)13-7-6-12(9-13)8-10-4-2-1-3-5-10/h1-5H,6-9H2,(H,14,15). The maximum absolute atomic E-state index is 10.7. The molecule has 2 rings (SSSR count). The van der Waals surface area contributed by atoms with E-state index in [9.17, 15) is 4.79 Å². The molecule has 1 aromatic rings. The molecule has 0 aliphatic carbocycles. The number of carbonyl (C=O) groups is 1. The van der Waals surface area contributed by atoms with E-state index in [0.29, 0.717) is 13.2 Å². The van der Waals surface area contributed by atoms with Gasteiger partial charge in [-0.25, -0.2) is 4.79 Å². The van der Waals surface area contributed by atoms with E-state index in [1.165, 1.54) is 10.5 Å². The Labute approximate surface area is 88.7 Å². The van der Waals surface area contributed by atoms with E-state index in [-0.39, 0.29) is 0 Å². The summed E-state index contributed by atoms with van der Waals surface area (Å²) in [6.45, 7) is 2.78. The van der Waals surface area contributed by atoms with Gasteiger partial charge in [0.2, 0.25) is 0 Å². The average molecular weight is 206 g/mol. The van der Waals surface area contributed by atoms with Crippen LogP contribution in [0.25, 0.3) is 0 Å². The first kappa shape index (κ1) is 9.98. The minimum absolute atomic E-state index is 0.518. The zero-order chi connectivity index (χ0) is 10.7. The molecule has 15 heavy (non-hydrogen) atoms. The van der Waals surface area contributed by atoms with Crippen molar-refractivity contribution in [1.82, 2.24) is 9.80 Å². The fraction of sp³-hybridized carbons (Fsp3) is 0.364. The lowest BCUT2D eigenvalue weighted by Gasteiger charge is -2.15. The summed E-state index contributed by atoms with van der Waals surface area (Å²) in [6.07, 6.45) is -0.828. The Balaban J connectivity index is 1.90. The van der Waals surface area contributed by atoms with Crippen molar-refractivity contribution in [2.45, 2.75) is 6.54 Å². The van der Waals surface area contributed by atoms with E-state index in [1.807, 2.05) is 18.2 Å². The molecule has 1 heterocycles. The van der Waals surface area contributed by atoms with Gasteiger partial charge in [-0.15, -0.1) is 0 Å². The van der Waals surface area contributed by atoms with Crippen LogP contribution in [0.3, 0.4) is 0 Å². The summed E-state index contributed by atoms with van der Waals surface area (Å²) in [6, 6.07) is 10.1. The van der Waals surface area contributed by atoms with Crippen molar-refractivity contribution in [2.24, 2.45) is 0 Å². The van der Waals surface area contributed by atoms with Crippen molar-refractivity contribution in [3.05, 3.63) is 35.9 Å². The predicted molar refractivity (Wildman–Crippen MR) is 56.4 cm³/mol. The second kappa shape index (κ2) is 4.31. The monoisotopic (exact) mass is 206 g/mol. The van der Waals surface area contributed by atoms with Crippen LogP contribution in [0.2, 0.25) is 0 Å². The molecule has 0 spiro atoms. The fourth-order valence-electron chi connectivity index (χ4n) is 1.77. The number of rotatable bonds is 2. The fourth-order valence-corrected chi connectivity index (χ4v) is 1.77. The molecular formula is C11H14N2O2. The molecule has 0 saturated carbocycles. The van der Waals surface area contributed by atoms with Gasteiger partial charge in [-0.1, -0.05) is 30.3 Å². The van der Waals surface area contributed by atoms with Crippen molar-refractivity contribution < 1.29 is 9.90 Å². The van der Waals surface area contributed by atoms with Gasteiger partial charge >= 0.3 is 6.09 Å². The molecule has 0 radical (unpaired) electrons. The van der Waals surface area contributed by atoms with Gasteiger partial charge in [0.1, 0.15) is 0 Å². The molecule has 1 N–H and O–H groups in total. The van der Waals surface area contributed by atoms with Crippen LogP contribution < -0.4 is 0 Å². The van der Waals surface area contributed by atoms with Crippen molar-refractivity contribution in [3.8, 4) is 0 Å². The molecule has 4 nitrogen and oxygen atoms in total. The summed E-state index contributed by atoms with van der Waals surface area (Å²) in [4.78, 5) is 14.3. The Morgan fingerprint density at radius 3 is 2.60 bits per heavy atom. The third kappa shape index (κ3) is 2.47. The highest BCUT2D eigenvalue weighted by Gasteiger charge is 2.23. The summed E-state index contributed by atoms with van der Waals surface area (Å²) in [7, 11) is 0. The van der Waals surface area contributed by atoms with E-state index < -0.39 is 6.09 Å². The van der Waals surface area contributed by atoms with Crippen molar-refractivity contribution in [2.75, 3.05) is 19.8 Å². The molecule has 1 saturated heterocycles. The van der Waals surface area contributed by atoms with E-state index in [0.717, 1.165) is 13.1 Å². The van der Waals surface area contributed by atoms with E-state index in [2.05, 4.69) is 17.0 Å². The van der Waals surface area contributed by atoms with Gasteiger partial charge < -0.3 is 5.11 Å². The first-order valence-electron chi connectivity index (χ1n) is 5.00. The third-order valence-electron chi connectivity index (χ3n) is 2.58. The zero-order valence-electron chi connectivity index (χ0n) is 8.47. The van der Waals surface area contributed by atoms with Crippen LogP contribution in [-0.2, 0) is 6.54 Å². The highest BCUT2D eigenvalue weighted by Crippen LogP contribution is 2.10. The summed E-state index contributed by atoms with van der Waals surface area (Å²) >= 11 is 0. The third-order valence-corrected chi connectivity index (χ3v) is 2.58. The van der Waals surface area contributed by atoms with Gasteiger partial charge in [0, 0.05) is 19.6 Å². The van der Waals surface area contributed by atoms with Crippen LogP contribution in [0.1, 0.15) is 5.56 Å². The van der Waals surface area contributed by atoms with E-state index >= 15 is 0 Å². The van der Waals surface area contributed by atoms with E-state index in [4.69, 9.17) is 5.11 Å². The first-order valence-corrected chi connectivity index (χ1v) is 5.00. The average Bonchev–Trinajstić information content (AvgIpc) is 2.68. The van der Waals surface area contributed by atoms with Gasteiger partial charge in [0.15, 0.2) is 0 Å². The summed E-state index contributed by atoms with van der Waals surface area (Å²) < 4.78 is 0. The van der Waals surface area contributed by atoms with Gasteiger partial charge in [0.25, 0.3) is 0 Å². The second-order valence-corrected chi connectivity index (χ2v) is 3.73. The maximum atomic E-state index is 10.7. The number of hydrogen-bond acceptors (Lipinski definition) is 2. The smallest absolute Gasteiger partial charge is 0.408 e. The molecule has 1 fully saturated rings. The predicted octanol–water partition coefficient (Wildman–Crippen LogP) is 1.44. The molecule has 0 bridgehead atoms. The van der Waals surface area contributed by atoms with E-state index in [1.54, 1.807) is 0 Å². The molecule has 0 aromatic heterocycles. The Kier molecular flexibility index (Phi) is 2.87. The minimum atomic E-state index is -0.828. The minimum Gasteiger partial charge on any atom is -0.465 e. The van der Waals surface area contributed by atoms with Crippen LogP contribution in [-0.4, -0.2) is 40.8 Å². The zero-order valence-corrected chi connectivity index (χ0v) is 8.47. The Morgan fingerprint density at radius 2 is 2.00 bits per heavy atom. The highest BCUT2D eigenvalue weighted by atomic mass is 16.4. The molecule has 1 amide bonds. The highest BCUT2D eigenvalue weighted by molar-refractivity contribution is 5.65. The summed E-state index contributed by atoms with van der Waals surface area (Å²) in [5, 5.41) is 8.80. The van der Waals surface area contributed by atoms with Crippen molar-refractivity contribution in [3.63, 3.8) is 0 Å². The van der Waals surface area contributed by atoms with Gasteiger partial charge in [-0.05, 0) is 5.56 Å². The van der Waals surface area contributed by atoms with Crippen LogP contribution >= 0.6 is 0 Å². The van der Waals surface area contributed by atoms with Crippen LogP contribution in [0.4, 0.5) is 4.79 Å². The number of amides is 1. The lowest BCUT2D eigenvalue weighted by Crippen LogP contribution is -2.29. The van der Waals surface area contributed by atoms with Crippen LogP contribution in [0, 0.1) is 0 Å². The molecule has 4 heteroatoms. The topological polar surface area (TPSA) is 43.8 Å². The molecule has 0 atom stereocenters. The second-order valence-electron chi connectivity index (χ2n) is 3.73. The molecular weight excluding hydrogens is 192 g/mol. The molecule has 0 unspecified atom stereocenters. The number of nitrogens with zero attached hydrogens (tertiary/aromatic N) is 2. The largest absolute Gasteiger partial charge is 0.465 e. The Morgan fingerprint density at radius 1 is 1.27 bits per heavy atom. The van der Waals surface area contributed by atoms with Crippen LogP contribution in [0.15, 0.2) is 30.3 Å². The number of hydrogen-bond donors (Lipinski definition) is 1. The van der Waals surface area contributed by atoms with Gasteiger partial charge in [0.05, 0.1) is 6.67 Å². The Hall–Kier alpha value is -1.55. The lowest BCUT2D eigenvalue weighted by molar-refractivity contribution is 0.145. The maximum Gasteiger partial charge on any atom is 0.408 e. The first-order chi connectivity index (χ1) is 7.25. The van der Waals surface area contributed by atoms with Gasteiger partial charge in [-0.3, -0.25) is 9.80 Å². The van der Waals surface area contributed by atoms with Gasteiger partial charge in [-0.2, -0.15) is 0 Å². The normalized spacial score (nSPS) is 16.9. The molecule has 80 valence electrons. The lowest BCUT2D eigenvalue weighted by atomic mass is 10.2. The molecule has 1 aromatic carbocycles.